The molecule has 11 heteroatoms. The minimum absolute atomic E-state index is 0.0209. The summed E-state index contributed by atoms with van der Waals surface area (Å²) in [6.07, 6.45) is -1.52. The molecule has 3 unspecified atom stereocenters. The van der Waals surface area contributed by atoms with Crippen molar-refractivity contribution in [3.63, 3.8) is 0 Å². The van der Waals surface area contributed by atoms with Crippen molar-refractivity contribution in [3.05, 3.63) is 71.7 Å². The molecule has 1 aliphatic rings. The smallest absolute Gasteiger partial charge is 0.194 e. The van der Waals surface area contributed by atoms with Crippen molar-refractivity contribution in [2.75, 3.05) is 12.4 Å². The van der Waals surface area contributed by atoms with Crippen LogP contribution in [-0.2, 0) is 11.2 Å². The standard InChI is InChI=1S/C22H22F3N3O4S/c23-14-8-13(9-15(24)18(14)25)16-10-28(27-26-16)19-20(30)17(11-29)32-22(21(19)31)33-7-6-12-4-2-1-3-5-12/h1-5,8-10,17,19-22,29-31H,6-7,11H2/t17?,19?,20-,21?,22+/m0/s1. The maximum atomic E-state index is 13.6. The van der Waals surface area contributed by atoms with E-state index in [-0.39, 0.29) is 11.3 Å². The van der Waals surface area contributed by atoms with Crippen LogP contribution >= 0.6 is 11.8 Å². The third-order valence-electron chi connectivity index (χ3n) is 5.46. The molecule has 0 radical (unpaired) electrons. The number of aliphatic hydroxyl groups excluding tert-OH is 3. The fourth-order valence-electron chi connectivity index (χ4n) is 3.71. The molecule has 2 heterocycles. The van der Waals surface area contributed by atoms with Gasteiger partial charge in [0.25, 0.3) is 0 Å². The van der Waals surface area contributed by atoms with E-state index in [1.807, 2.05) is 30.3 Å². The van der Waals surface area contributed by atoms with E-state index >= 15 is 0 Å². The van der Waals surface area contributed by atoms with E-state index in [2.05, 4.69) is 10.3 Å². The van der Waals surface area contributed by atoms with Gasteiger partial charge in [0.1, 0.15) is 35.5 Å². The second-order valence-corrected chi connectivity index (χ2v) is 8.85. The van der Waals surface area contributed by atoms with Gasteiger partial charge in [0.2, 0.25) is 0 Å². The summed E-state index contributed by atoms with van der Waals surface area (Å²) in [4.78, 5) is 0. The summed E-state index contributed by atoms with van der Waals surface area (Å²) >= 11 is 1.33. The zero-order valence-corrected chi connectivity index (χ0v) is 18.1. The monoisotopic (exact) mass is 481 g/mol. The predicted octanol–water partition coefficient (Wildman–Crippen LogP) is 2.32. The van der Waals surface area contributed by atoms with E-state index in [4.69, 9.17) is 4.74 Å². The lowest BCUT2D eigenvalue weighted by atomic mass is 9.97. The quantitative estimate of drug-likeness (QED) is 0.446. The van der Waals surface area contributed by atoms with Crippen molar-refractivity contribution in [3.8, 4) is 11.3 Å². The first kappa shape index (κ1) is 23.7. The van der Waals surface area contributed by atoms with E-state index in [1.165, 1.54) is 22.6 Å². The van der Waals surface area contributed by atoms with Crippen molar-refractivity contribution in [2.45, 2.75) is 36.2 Å². The zero-order valence-electron chi connectivity index (χ0n) is 17.3. The lowest BCUT2D eigenvalue weighted by Crippen LogP contribution is -2.55. The highest BCUT2D eigenvalue weighted by molar-refractivity contribution is 7.99. The van der Waals surface area contributed by atoms with Gasteiger partial charge in [0, 0.05) is 5.56 Å². The van der Waals surface area contributed by atoms with E-state index < -0.39 is 53.8 Å². The number of halogens is 3. The Balaban J connectivity index is 1.53. The van der Waals surface area contributed by atoms with E-state index in [0.717, 1.165) is 24.1 Å². The Bertz CT molecular complexity index is 1060. The number of benzene rings is 2. The SMILES string of the molecule is OCC1O[C@H](SCCc2ccccc2)C(O)C(n2cc(-c3cc(F)c(F)c(F)c3)nn2)[C@H]1O. The number of aryl methyl sites for hydroxylation is 1. The molecule has 0 bridgehead atoms. The molecule has 176 valence electrons. The van der Waals surface area contributed by atoms with Gasteiger partial charge in [0.15, 0.2) is 17.5 Å². The second kappa shape index (κ2) is 10.2. The first-order valence-corrected chi connectivity index (χ1v) is 11.3. The van der Waals surface area contributed by atoms with Gasteiger partial charge < -0.3 is 20.1 Å². The second-order valence-electron chi connectivity index (χ2n) is 7.64. The molecule has 0 saturated carbocycles. The van der Waals surface area contributed by atoms with Crippen LogP contribution in [0.4, 0.5) is 13.2 Å². The first-order chi connectivity index (χ1) is 15.9. The average molecular weight is 481 g/mol. The highest BCUT2D eigenvalue weighted by atomic mass is 32.2. The normalized spacial score (nSPS) is 25.3. The lowest BCUT2D eigenvalue weighted by Gasteiger charge is -2.41. The summed E-state index contributed by atoms with van der Waals surface area (Å²) in [7, 11) is 0. The Morgan fingerprint density at radius 3 is 2.39 bits per heavy atom. The zero-order chi connectivity index (χ0) is 23.5. The summed E-state index contributed by atoms with van der Waals surface area (Å²) in [5.41, 5.74) is 0.312. The number of hydrogen-bond donors (Lipinski definition) is 3. The summed E-state index contributed by atoms with van der Waals surface area (Å²) < 4.78 is 47.3. The Labute approximate surface area is 191 Å². The highest BCUT2D eigenvalue weighted by Gasteiger charge is 2.46. The third kappa shape index (κ3) is 5.07. The van der Waals surface area contributed by atoms with Crippen LogP contribution in [-0.4, -0.2) is 66.4 Å². The van der Waals surface area contributed by atoms with Crippen LogP contribution in [0.15, 0.2) is 48.7 Å². The minimum atomic E-state index is -1.59. The van der Waals surface area contributed by atoms with Crippen LogP contribution in [0.1, 0.15) is 11.6 Å². The molecule has 4 rings (SSSR count). The molecule has 7 nitrogen and oxygen atoms in total. The molecule has 1 aromatic heterocycles. The molecule has 3 aromatic rings. The Kier molecular flexibility index (Phi) is 7.35. The highest BCUT2D eigenvalue weighted by Crippen LogP contribution is 2.35. The molecule has 1 fully saturated rings. The molecule has 1 aliphatic heterocycles. The van der Waals surface area contributed by atoms with Crippen LogP contribution in [0.25, 0.3) is 11.3 Å². The van der Waals surface area contributed by atoms with Gasteiger partial charge >= 0.3 is 0 Å². The van der Waals surface area contributed by atoms with Crippen molar-refractivity contribution in [1.29, 1.82) is 0 Å². The number of aliphatic hydroxyl groups is 3. The molecule has 33 heavy (non-hydrogen) atoms. The number of ether oxygens (including phenoxy) is 1. The molecule has 3 N–H and O–H groups in total. The maximum absolute atomic E-state index is 13.6. The Morgan fingerprint density at radius 2 is 1.73 bits per heavy atom. The van der Waals surface area contributed by atoms with E-state index in [9.17, 15) is 28.5 Å². The number of rotatable bonds is 7. The largest absolute Gasteiger partial charge is 0.394 e. The van der Waals surface area contributed by atoms with Crippen molar-refractivity contribution in [1.82, 2.24) is 15.0 Å². The molecule has 0 spiro atoms. The van der Waals surface area contributed by atoms with Gasteiger partial charge in [0.05, 0.1) is 12.8 Å². The molecule has 0 aliphatic carbocycles. The Hall–Kier alpha value is -2.44. The maximum Gasteiger partial charge on any atom is 0.194 e. The van der Waals surface area contributed by atoms with Gasteiger partial charge in [-0.05, 0) is 29.9 Å². The number of aromatic nitrogens is 3. The topological polar surface area (TPSA) is 101 Å². The van der Waals surface area contributed by atoms with Crippen LogP contribution in [0.3, 0.4) is 0 Å². The summed E-state index contributed by atoms with van der Waals surface area (Å²) in [6, 6.07) is 10.3. The summed E-state index contributed by atoms with van der Waals surface area (Å²) in [5.74, 6) is -3.73. The van der Waals surface area contributed by atoms with Crippen LogP contribution in [0, 0.1) is 17.5 Å². The van der Waals surface area contributed by atoms with Crippen molar-refractivity contribution in [2.24, 2.45) is 0 Å². The van der Waals surface area contributed by atoms with Gasteiger partial charge in [-0.3, -0.25) is 0 Å². The van der Waals surface area contributed by atoms with Gasteiger partial charge in [-0.1, -0.05) is 35.5 Å². The number of hydrogen-bond acceptors (Lipinski definition) is 7. The minimum Gasteiger partial charge on any atom is -0.394 e. The summed E-state index contributed by atoms with van der Waals surface area (Å²) in [5, 5.41) is 39.0. The number of nitrogens with zero attached hydrogens (tertiary/aromatic N) is 3. The van der Waals surface area contributed by atoms with Crippen molar-refractivity contribution >= 4 is 11.8 Å². The van der Waals surface area contributed by atoms with Crippen LogP contribution < -0.4 is 0 Å². The molecule has 2 aromatic carbocycles. The molecule has 0 amide bonds. The third-order valence-corrected chi connectivity index (χ3v) is 6.62. The Morgan fingerprint density at radius 1 is 1.03 bits per heavy atom. The molecular weight excluding hydrogens is 459 g/mol. The fourth-order valence-corrected chi connectivity index (χ4v) is 4.88. The van der Waals surface area contributed by atoms with Gasteiger partial charge in [-0.2, -0.15) is 0 Å². The average Bonchev–Trinajstić information content (AvgIpc) is 3.29. The van der Waals surface area contributed by atoms with E-state index in [1.54, 1.807) is 0 Å². The lowest BCUT2D eigenvalue weighted by molar-refractivity contribution is -0.178. The van der Waals surface area contributed by atoms with Gasteiger partial charge in [-0.15, -0.1) is 16.9 Å². The van der Waals surface area contributed by atoms with Crippen LogP contribution in [0.5, 0.6) is 0 Å². The van der Waals surface area contributed by atoms with E-state index in [0.29, 0.717) is 5.75 Å². The first-order valence-electron chi connectivity index (χ1n) is 10.2. The fraction of sp³-hybridized carbons (Fsp3) is 0.364. The molecule has 5 atom stereocenters. The van der Waals surface area contributed by atoms with Crippen molar-refractivity contribution < 1.29 is 33.2 Å². The number of thioether (sulfide) groups is 1. The summed E-state index contributed by atoms with van der Waals surface area (Å²) in [6.45, 7) is -0.490. The predicted molar refractivity (Wildman–Crippen MR) is 115 cm³/mol. The van der Waals surface area contributed by atoms with Crippen LogP contribution in [0.2, 0.25) is 0 Å². The molecular formula is C22H22F3N3O4S. The van der Waals surface area contributed by atoms with Gasteiger partial charge in [-0.25, -0.2) is 17.9 Å². The molecule has 1 saturated heterocycles.